The van der Waals surface area contributed by atoms with Crippen molar-refractivity contribution in [3.8, 4) is 5.82 Å². The van der Waals surface area contributed by atoms with E-state index in [9.17, 15) is 0 Å². The summed E-state index contributed by atoms with van der Waals surface area (Å²) < 4.78 is 1.72. The van der Waals surface area contributed by atoms with Crippen molar-refractivity contribution in [2.24, 2.45) is 0 Å². The molecule has 0 saturated heterocycles. The molecule has 3 aromatic rings. The van der Waals surface area contributed by atoms with Crippen molar-refractivity contribution in [2.45, 2.75) is 20.4 Å². The van der Waals surface area contributed by atoms with E-state index in [2.05, 4.69) is 20.4 Å². The number of anilines is 2. The predicted octanol–water partition coefficient (Wildman–Crippen LogP) is 3.13. The van der Waals surface area contributed by atoms with Gasteiger partial charge in [0, 0.05) is 17.3 Å². The van der Waals surface area contributed by atoms with E-state index in [0.717, 1.165) is 17.0 Å². The lowest BCUT2D eigenvalue weighted by Crippen LogP contribution is -2.11. The molecular weight excluding hydrogens is 312 g/mol. The van der Waals surface area contributed by atoms with Crippen LogP contribution in [-0.2, 0) is 6.54 Å². The normalized spacial score (nSPS) is 10.7. The van der Waals surface area contributed by atoms with Gasteiger partial charge in [0.1, 0.15) is 12.0 Å². The van der Waals surface area contributed by atoms with E-state index in [1.54, 1.807) is 4.68 Å². The van der Waals surface area contributed by atoms with E-state index in [0.29, 0.717) is 28.9 Å². The van der Waals surface area contributed by atoms with Crippen LogP contribution in [0.4, 0.5) is 11.5 Å². The first kappa shape index (κ1) is 15.3. The van der Waals surface area contributed by atoms with Crippen molar-refractivity contribution in [1.29, 1.82) is 0 Å². The molecule has 0 aliphatic carbocycles. The monoisotopic (exact) mass is 328 g/mol. The van der Waals surface area contributed by atoms with Gasteiger partial charge >= 0.3 is 0 Å². The van der Waals surface area contributed by atoms with Crippen molar-refractivity contribution in [2.75, 3.05) is 11.1 Å². The Kier molecular flexibility index (Phi) is 4.16. The number of aryl methyl sites for hydroxylation is 2. The molecule has 0 aliphatic rings. The maximum atomic E-state index is 6.21. The molecule has 0 saturated carbocycles. The quantitative estimate of drug-likeness (QED) is 0.769. The molecule has 0 aliphatic heterocycles. The van der Waals surface area contributed by atoms with Gasteiger partial charge in [-0.3, -0.25) is 0 Å². The molecular formula is C16H17ClN6. The third kappa shape index (κ3) is 3.12. The van der Waals surface area contributed by atoms with Gasteiger partial charge in [-0.25, -0.2) is 14.6 Å². The largest absolute Gasteiger partial charge is 0.393 e. The van der Waals surface area contributed by atoms with Gasteiger partial charge in [-0.2, -0.15) is 5.10 Å². The molecule has 2 aromatic heterocycles. The lowest BCUT2D eigenvalue weighted by molar-refractivity contribution is 0.803. The highest BCUT2D eigenvalue weighted by Crippen LogP contribution is 2.24. The van der Waals surface area contributed by atoms with Gasteiger partial charge in [-0.1, -0.05) is 29.8 Å². The van der Waals surface area contributed by atoms with Crippen LogP contribution >= 0.6 is 11.6 Å². The molecule has 1 aromatic carbocycles. The SMILES string of the molecule is Cc1cc(C)n(-c2ncnc(NCc3ccccc3Cl)c2N)n1. The Labute approximate surface area is 139 Å². The molecule has 118 valence electrons. The third-order valence-electron chi connectivity index (χ3n) is 3.48. The summed E-state index contributed by atoms with van der Waals surface area (Å²) in [6, 6.07) is 9.61. The zero-order valence-corrected chi connectivity index (χ0v) is 13.7. The minimum atomic E-state index is 0.450. The van der Waals surface area contributed by atoms with Gasteiger partial charge < -0.3 is 11.1 Å². The lowest BCUT2D eigenvalue weighted by Gasteiger charge is -2.12. The Bertz CT molecular complexity index is 842. The summed E-state index contributed by atoms with van der Waals surface area (Å²) in [6.45, 7) is 4.41. The fourth-order valence-corrected chi connectivity index (χ4v) is 2.56. The minimum absolute atomic E-state index is 0.450. The van der Waals surface area contributed by atoms with E-state index in [-0.39, 0.29) is 0 Å². The van der Waals surface area contributed by atoms with Gasteiger partial charge in [0.15, 0.2) is 11.6 Å². The summed E-state index contributed by atoms with van der Waals surface area (Å²) >= 11 is 6.16. The van der Waals surface area contributed by atoms with E-state index < -0.39 is 0 Å². The van der Waals surface area contributed by atoms with Crippen molar-refractivity contribution < 1.29 is 0 Å². The van der Waals surface area contributed by atoms with Crippen LogP contribution in [0, 0.1) is 13.8 Å². The van der Waals surface area contributed by atoms with Gasteiger partial charge in [0.2, 0.25) is 0 Å². The Morgan fingerprint density at radius 3 is 2.70 bits per heavy atom. The van der Waals surface area contributed by atoms with Gasteiger partial charge in [0.25, 0.3) is 0 Å². The van der Waals surface area contributed by atoms with E-state index in [1.165, 1.54) is 6.33 Å². The van der Waals surface area contributed by atoms with Gasteiger partial charge in [-0.05, 0) is 31.5 Å². The van der Waals surface area contributed by atoms with E-state index >= 15 is 0 Å². The third-order valence-corrected chi connectivity index (χ3v) is 3.85. The molecule has 3 N–H and O–H groups in total. The molecule has 2 heterocycles. The van der Waals surface area contributed by atoms with Crippen molar-refractivity contribution in [1.82, 2.24) is 19.7 Å². The average Bonchev–Trinajstić information content (AvgIpc) is 2.86. The molecule has 0 radical (unpaired) electrons. The number of benzene rings is 1. The molecule has 0 spiro atoms. The number of hydrogen-bond donors (Lipinski definition) is 2. The summed E-state index contributed by atoms with van der Waals surface area (Å²) in [7, 11) is 0. The summed E-state index contributed by atoms with van der Waals surface area (Å²) in [5.74, 6) is 1.12. The first-order valence-electron chi connectivity index (χ1n) is 7.17. The molecule has 0 unspecified atom stereocenters. The maximum Gasteiger partial charge on any atom is 0.182 e. The molecule has 0 amide bonds. The first-order chi connectivity index (χ1) is 11.1. The zero-order chi connectivity index (χ0) is 16.4. The standard InChI is InChI=1S/C16H17ClN6/c1-10-7-11(2)23(22-10)16-14(18)15(20-9-21-16)19-8-12-5-3-4-6-13(12)17/h3-7,9H,8,18H2,1-2H3,(H,19,20,21). The fraction of sp³-hybridized carbons (Fsp3) is 0.188. The van der Waals surface area contributed by atoms with Crippen LogP contribution in [0.5, 0.6) is 0 Å². The van der Waals surface area contributed by atoms with Crippen LogP contribution in [0.1, 0.15) is 17.0 Å². The highest BCUT2D eigenvalue weighted by Gasteiger charge is 2.13. The van der Waals surface area contributed by atoms with Crippen LogP contribution < -0.4 is 11.1 Å². The van der Waals surface area contributed by atoms with Gasteiger partial charge in [0.05, 0.1) is 5.69 Å². The maximum absolute atomic E-state index is 6.21. The number of nitrogens with zero attached hydrogens (tertiary/aromatic N) is 4. The smallest absolute Gasteiger partial charge is 0.182 e. The Balaban J connectivity index is 1.88. The number of nitrogen functional groups attached to an aromatic ring is 1. The fourth-order valence-electron chi connectivity index (χ4n) is 2.36. The van der Waals surface area contributed by atoms with Crippen molar-refractivity contribution >= 4 is 23.1 Å². The zero-order valence-electron chi connectivity index (χ0n) is 12.9. The molecule has 0 bridgehead atoms. The summed E-state index contributed by atoms with van der Waals surface area (Å²) in [5.41, 5.74) is 9.51. The van der Waals surface area contributed by atoms with Crippen molar-refractivity contribution in [3.05, 3.63) is 58.6 Å². The van der Waals surface area contributed by atoms with Crippen LogP contribution in [-0.4, -0.2) is 19.7 Å². The van der Waals surface area contributed by atoms with Crippen LogP contribution in [0.15, 0.2) is 36.7 Å². The average molecular weight is 329 g/mol. The van der Waals surface area contributed by atoms with Crippen LogP contribution in [0.3, 0.4) is 0 Å². The number of rotatable bonds is 4. The number of hydrogen-bond acceptors (Lipinski definition) is 5. The molecule has 0 fully saturated rings. The predicted molar refractivity (Wildman–Crippen MR) is 91.8 cm³/mol. The van der Waals surface area contributed by atoms with E-state index in [1.807, 2.05) is 44.2 Å². The Hall–Kier alpha value is -2.60. The van der Waals surface area contributed by atoms with Crippen molar-refractivity contribution in [3.63, 3.8) is 0 Å². The highest BCUT2D eigenvalue weighted by molar-refractivity contribution is 6.31. The summed E-state index contributed by atoms with van der Waals surface area (Å²) in [6.07, 6.45) is 1.47. The number of halogens is 1. The molecule has 6 nitrogen and oxygen atoms in total. The molecule has 7 heteroatoms. The van der Waals surface area contributed by atoms with Crippen LogP contribution in [0.25, 0.3) is 5.82 Å². The second kappa shape index (κ2) is 6.26. The molecule has 3 rings (SSSR count). The number of nitrogens with one attached hydrogen (secondary N) is 1. The Morgan fingerprint density at radius 1 is 1.22 bits per heavy atom. The van der Waals surface area contributed by atoms with Gasteiger partial charge in [-0.15, -0.1) is 0 Å². The molecule has 0 atom stereocenters. The minimum Gasteiger partial charge on any atom is -0.393 e. The molecule has 23 heavy (non-hydrogen) atoms. The summed E-state index contributed by atoms with van der Waals surface area (Å²) in [4.78, 5) is 8.47. The number of aromatic nitrogens is 4. The highest BCUT2D eigenvalue weighted by atomic mass is 35.5. The topological polar surface area (TPSA) is 81.7 Å². The van der Waals surface area contributed by atoms with E-state index in [4.69, 9.17) is 17.3 Å². The number of nitrogens with two attached hydrogens (primary N) is 1. The second-order valence-electron chi connectivity index (χ2n) is 5.24. The first-order valence-corrected chi connectivity index (χ1v) is 7.55. The lowest BCUT2D eigenvalue weighted by atomic mass is 10.2. The summed E-state index contributed by atoms with van der Waals surface area (Å²) in [5, 5.41) is 8.32. The Morgan fingerprint density at radius 2 is 2.00 bits per heavy atom. The second-order valence-corrected chi connectivity index (χ2v) is 5.65. The van der Waals surface area contributed by atoms with Crippen LogP contribution in [0.2, 0.25) is 5.02 Å².